The van der Waals surface area contributed by atoms with Crippen LogP contribution in [0.3, 0.4) is 0 Å². The van der Waals surface area contributed by atoms with Gasteiger partial charge in [0.05, 0.1) is 11.5 Å². The van der Waals surface area contributed by atoms with E-state index in [1.807, 2.05) is 0 Å². The van der Waals surface area contributed by atoms with Crippen molar-refractivity contribution in [3.63, 3.8) is 0 Å². The van der Waals surface area contributed by atoms with Gasteiger partial charge in [0.1, 0.15) is 6.42 Å². The second kappa shape index (κ2) is 10.9. The van der Waals surface area contributed by atoms with Gasteiger partial charge in [-0.3, -0.25) is 19.7 Å². The quantitative estimate of drug-likeness (QED) is 0.285. The number of para-hydroxylation sites is 2. The maximum atomic E-state index is 12.5. The molecule has 0 radical (unpaired) electrons. The van der Waals surface area contributed by atoms with Crippen molar-refractivity contribution in [2.75, 3.05) is 32.8 Å². The number of nitro groups is 1. The number of hydrogen-bond acceptors (Lipinski definition) is 7. The van der Waals surface area contributed by atoms with E-state index in [9.17, 15) is 24.5 Å². The molecule has 1 aromatic rings. The first-order chi connectivity index (χ1) is 15.4. The number of carbonyl (C=O) groups is 3. The van der Waals surface area contributed by atoms with E-state index in [4.69, 9.17) is 9.47 Å². The van der Waals surface area contributed by atoms with E-state index in [-0.39, 0.29) is 30.4 Å². The van der Waals surface area contributed by atoms with Crippen LogP contribution in [0.25, 0.3) is 0 Å². The van der Waals surface area contributed by atoms with Crippen LogP contribution in [-0.4, -0.2) is 65.5 Å². The third kappa shape index (κ3) is 5.95. The molecule has 0 spiro atoms. The minimum absolute atomic E-state index is 0.0514. The Balaban J connectivity index is 1.43. The minimum Gasteiger partial charge on any atom is -0.466 e. The van der Waals surface area contributed by atoms with Crippen molar-refractivity contribution in [2.24, 2.45) is 11.8 Å². The number of amides is 2. The fraction of sp³-hybridized carbons (Fsp3) is 0.591. The molecular formula is C22H29N3O7. The van der Waals surface area contributed by atoms with Crippen molar-refractivity contribution in [3.8, 4) is 5.75 Å². The van der Waals surface area contributed by atoms with Gasteiger partial charge in [0.15, 0.2) is 0 Å². The molecule has 10 heteroatoms. The number of esters is 1. The largest absolute Gasteiger partial charge is 0.466 e. The Morgan fingerprint density at radius 3 is 2.12 bits per heavy atom. The lowest BCUT2D eigenvalue weighted by atomic mass is 9.79. The second-order valence-corrected chi connectivity index (χ2v) is 8.12. The first-order valence-electron chi connectivity index (χ1n) is 11.0. The van der Waals surface area contributed by atoms with Crippen LogP contribution in [0.1, 0.15) is 39.0 Å². The predicted molar refractivity (Wildman–Crippen MR) is 114 cm³/mol. The van der Waals surface area contributed by atoms with Crippen molar-refractivity contribution >= 4 is 23.7 Å². The van der Waals surface area contributed by atoms with E-state index in [0.717, 1.165) is 25.7 Å². The molecule has 2 aliphatic rings. The van der Waals surface area contributed by atoms with Gasteiger partial charge in [-0.2, -0.15) is 0 Å². The summed E-state index contributed by atoms with van der Waals surface area (Å²) in [5, 5.41) is 11.1. The molecule has 3 rings (SSSR count). The normalized spacial score (nSPS) is 17.7. The van der Waals surface area contributed by atoms with Gasteiger partial charge in [-0.1, -0.05) is 12.1 Å². The van der Waals surface area contributed by atoms with E-state index in [2.05, 4.69) is 0 Å². The highest BCUT2D eigenvalue weighted by molar-refractivity contribution is 5.94. The number of ether oxygens (including phenoxy) is 2. The monoisotopic (exact) mass is 447 g/mol. The summed E-state index contributed by atoms with van der Waals surface area (Å²) in [6.07, 6.45) is 2.62. The van der Waals surface area contributed by atoms with E-state index < -0.39 is 17.0 Å². The smallest absolute Gasteiger partial charge is 0.415 e. The molecule has 1 aromatic carbocycles. The summed E-state index contributed by atoms with van der Waals surface area (Å²) < 4.78 is 10.1. The molecule has 32 heavy (non-hydrogen) atoms. The topological polar surface area (TPSA) is 119 Å². The van der Waals surface area contributed by atoms with E-state index in [1.54, 1.807) is 22.8 Å². The lowest BCUT2D eigenvalue weighted by molar-refractivity contribution is -0.385. The number of benzene rings is 1. The van der Waals surface area contributed by atoms with Gasteiger partial charge in [0.25, 0.3) is 0 Å². The highest BCUT2D eigenvalue weighted by Crippen LogP contribution is 2.33. The molecule has 2 amide bonds. The zero-order valence-electron chi connectivity index (χ0n) is 18.2. The number of piperidine rings is 2. The summed E-state index contributed by atoms with van der Waals surface area (Å²) in [6, 6.07) is 5.83. The van der Waals surface area contributed by atoms with Gasteiger partial charge in [0, 0.05) is 32.2 Å². The van der Waals surface area contributed by atoms with Crippen LogP contribution in [0.5, 0.6) is 5.75 Å². The van der Waals surface area contributed by atoms with E-state index in [0.29, 0.717) is 38.0 Å². The first kappa shape index (κ1) is 23.5. The van der Waals surface area contributed by atoms with E-state index in [1.165, 1.54) is 18.2 Å². The van der Waals surface area contributed by atoms with E-state index >= 15 is 0 Å². The SMILES string of the molecule is CCOC(=O)CC(=O)N1CCC(C2CCN(C(=O)Oc3ccccc3[N+](=O)[O-])CC2)CC1. The Morgan fingerprint density at radius 1 is 1.00 bits per heavy atom. The van der Waals surface area contributed by atoms with Crippen molar-refractivity contribution in [2.45, 2.75) is 39.0 Å². The molecule has 2 saturated heterocycles. The van der Waals surface area contributed by atoms with Crippen LogP contribution in [-0.2, 0) is 14.3 Å². The van der Waals surface area contributed by atoms with Crippen molar-refractivity contribution in [1.82, 2.24) is 9.80 Å². The Kier molecular flexibility index (Phi) is 8.02. The molecule has 2 heterocycles. The first-order valence-corrected chi connectivity index (χ1v) is 11.0. The van der Waals surface area contributed by atoms with Crippen LogP contribution in [0.4, 0.5) is 10.5 Å². The highest BCUT2D eigenvalue weighted by Gasteiger charge is 2.33. The molecule has 0 N–H and O–H groups in total. The van der Waals surface area contributed by atoms with Gasteiger partial charge in [-0.25, -0.2) is 4.79 Å². The molecule has 0 unspecified atom stereocenters. The van der Waals surface area contributed by atoms with Crippen molar-refractivity contribution in [1.29, 1.82) is 0 Å². The number of rotatable bonds is 6. The van der Waals surface area contributed by atoms with Crippen LogP contribution >= 0.6 is 0 Å². The molecule has 10 nitrogen and oxygen atoms in total. The van der Waals surface area contributed by atoms with Gasteiger partial charge in [-0.15, -0.1) is 0 Å². The maximum Gasteiger partial charge on any atom is 0.415 e. The summed E-state index contributed by atoms with van der Waals surface area (Å²) in [5.74, 6) is 0.195. The molecule has 0 aromatic heterocycles. The fourth-order valence-electron chi connectivity index (χ4n) is 4.47. The van der Waals surface area contributed by atoms with Crippen LogP contribution in [0, 0.1) is 22.0 Å². The van der Waals surface area contributed by atoms with Gasteiger partial charge in [-0.05, 0) is 50.5 Å². The summed E-state index contributed by atoms with van der Waals surface area (Å²) >= 11 is 0. The summed E-state index contributed by atoms with van der Waals surface area (Å²) in [7, 11) is 0. The van der Waals surface area contributed by atoms with Crippen molar-refractivity contribution < 1.29 is 28.8 Å². The Hall–Kier alpha value is -3.17. The number of carbonyl (C=O) groups excluding carboxylic acids is 3. The molecule has 0 bridgehead atoms. The zero-order valence-corrected chi connectivity index (χ0v) is 18.2. The van der Waals surface area contributed by atoms with Gasteiger partial charge in [0.2, 0.25) is 11.7 Å². The second-order valence-electron chi connectivity index (χ2n) is 8.12. The predicted octanol–water partition coefficient (Wildman–Crippen LogP) is 3.00. The lowest BCUT2D eigenvalue weighted by Gasteiger charge is -2.39. The maximum absolute atomic E-state index is 12.5. The Bertz CT molecular complexity index is 844. The summed E-state index contributed by atoms with van der Waals surface area (Å²) in [6.45, 7) is 4.30. The Labute approximate surface area is 186 Å². The Morgan fingerprint density at radius 2 is 1.56 bits per heavy atom. The van der Waals surface area contributed by atoms with Crippen LogP contribution in [0.15, 0.2) is 24.3 Å². The molecule has 0 atom stereocenters. The highest BCUT2D eigenvalue weighted by atomic mass is 16.6. The summed E-state index contributed by atoms with van der Waals surface area (Å²) in [4.78, 5) is 50.1. The molecule has 0 saturated carbocycles. The molecule has 0 aliphatic carbocycles. The third-order valence-corrected chi connectivity index (χ3v) is 6.22. The van der Waals surface area contributed by atoms with Gasteiger partial charge >= 0.3 is 17.7 Å². The molecule has 2 aliphatic heterocycles. The van der Waals surface area contributed by atoms with Crippen LogP contribution < -0.4 is 4.74 Å². The van der Waals surface area contributed by atoms with Crippen molar-refractivity contribution in [3.05, 3.63) is 34.4 Å². The number of nitrogens with zero attached hydrogens (tertiary/aromatic N) is 3. The zero-order chi connectivity index (χ0) is 23.1. The van der Waals surface area contributed by atoms with Gasteiger partial charge < -0.3 is 19.3 Å². The summed E-state index contributed by atoms with van der Waals surface area (Å²) in [5.41, 5.74) is -0.236. The third-order valence-electron chi connectivity index (χ3n) is 6.22. The fourth-order valence-corrected chi connectivity index (χ4v) is 4.47. The standard InChI is InChI=1S/C22H29N3O7/c1-2-31-21(27)15-20(26)23-11-7-16(8-12-23)17-9-13-24(14-10-17)22(28)32-19-6-4-3-5-18(19)25(29)30/h3-6,16-17H,2,7-15H2,1H3. The lowest BCUT2D eigenvalue weighted by Crippen LogP contribution is -2.45. The number of hydrogen-bond donors (Lipinski definition) is 0. The van der Waals surface area contributed by atoms with Crippen LogP contribution in [0.2, 0.25) is 0 Å². The molecule has 2 fully saturated rings. The average molecular weight is 447 g/mol. The molecule has 174 valence electrons. The number of likely N-dealkylation sites (tertiary alicyclic amines) is 2. The number of nitro benzene ring substituents is 1. The minimum atomic E-state index is -0.572. The molecular weight excluding hydrogens is 418 g/mol. The average Bonchev–Trinajstić information content (AvgIpc) is 2.79.